The monoisotopic (exact) mass is 339 g/mol. The third-order valence-electron chi connectivity index (χ3n) is 4.69. The van der Waals surface area contributed by atoms with Crippen LogP contribution in [-0.4, -0.2) is 51.1 Å². The van der Waals surface area contributed by atoms with Crippen LogP contribution in [0.25, 0.3) is 11.6 Å². The van der Waals surface area contributed by atoms with Gasteiger partial charge in [0.1, 0.15) is 0 Å². The molecule has 0 radical (unpaired) electrons. The fourth-order valence-electron chi connectivity index (χ4n) is 3.16. The smallest absolute Gasteiger partial charge is 0.241 e. The van der Waals surface area contributed by atoms with E-state index < -0.39 is 0 Å². The quantitative estimate of drug-likeness (QED) is 0.707. The summed E-state index contributed by atoms with van der Waals surface area (Å²) in [5.74, 6) is 1.76. The number of aromatic nitrogens is 3. The van der Waals surface area contributed by atoms with E-state index in [0.29, 0.717) is 30.1 Å². The molecule has 130 valence electrons. The van der Waals surface area contributed by atoms with Crippen molar-refractivity contribution in [2.45, 2.75) is 19.5 Å². The van der Waals surface area contributed by atoms with Crippen LogP contribution in [0.4, 0.5) is 0 Å². The van der Waals surface area contributed by atoms with E-state index in [4.69, 9.17) is 8.94 Å². The summed E-state index contributed by atoms with van der Waals surface area (Å²) in [6, 6.07) is 8.15. The van der Waals surface area contributed by atoms with Crippen molar-refractivity contribution in [3.8, 4) is 11.6 Å². The van der Waals surface area contributed by atoms with Crippen molar-refractivity contribution in [1.82, 2.24) is 24.9 Å². The van der Waals surface area contributed by atoms with Gasteiger partial charge in [0.05, 0.1) is 12.8 Å². The molecule has 0 spiro atoms. The Labute approximate surface area is 146 Å². The largest absolute Gasteiger partial charge is 0.461 e. The zero-order valence-corrected chi connectivity index (χ0v) is 14.2. The molecular formula is C18H21N5O2. The van der Waals surface area contributed by atoms with Gasteiger partial charge in [-0.05, 0) is 30.7 Å². The summed E-state index contributed by atoms with van der Waals surface area (Å²) < 4.78 is 10.6. The summed E-state index contributed by atoms with van der Waals surface area (Å²) in [5.41, 5.74) is 1.26. The minimum Gasteiger partial charge on any atom is -0.461 e. The summed E-state index contributed by atoms with van der Waals surface area (Å²) in [7, 11) is 0. The first-order valence-corrected chi connectivity index (χ1v) is 8.52. The second kappa shape index (κ2) is 7.16. The molecule has 7 heteroatoms. The van der Waals surface area contributed by atoms with E-state index in [1.165, 1.54) is 5.56 Å². The lowest BCUT2D eigenvalue weighted by Crippen LogP contribution is -2.46. The van der Waals surface area contributed by atoms with Gasteiger partial charge >= 0.3 is 0 Å². The van der Waals surface area contributed by atoms with Gasteiger partial charge < -0.3 is 8.94 Å². The third kappa shape index (κ3) is 3.62. The normalized spacial score (nSPS) is 17.6. The molecular weight excluding hydrogens is 318 g/mol. The predicted molar refractivity (Wildman–Crippen MR) is 91.5 cm³/mol. The average Bonchev–Trinajstić information content (AvgIpc) is 3.34. The van der Waals surface area contributed by atoms with Crippen molar-refractivity contribution >= 4 is 0 Å². The van der Waals surface area contributed by atoms with Crippen LogP contribution in [0.3, 0.4) is 0 Å². The van der Waals surface area contributed by atoms with Gasteiger partial charge in [-0.1, -0.05) is 11.2 Å². The third-order valence-corrected chi connectivity index (χ3v) is 4.69. The summed E-state index contributed by atoms with van der Waals surface area (Å²) in [4.78, 5) is 13.5. The Kier molecular flexibility index (Phi) is 4.58. The number of furan rings is 1. The Morgan fingerprint density at radius 1 is 1.16 bits per heavy atom. The van der Waals surface area contributed by atoms with Gasteiger partial charge in [0.25, 0.3) is 0 Å². The molecule has 0 aromatic carbocycles. The SMILES string of the molecule is C[C@@H](c1cccnc1)N1CCN(Cc2nc(-c3ccco3)no2)CC1. The Bertz CT molecular complexity index is 779. The lowest BCUT2D eigenvalue weighted by atomic mass is 10.1. The molecule has 4 heterocycles. The highest BCUT2D eigenvalue weighted by Gasteiger charge is 2.23. The molecule has 3 aromatic heterocycles. The molecule has 4 rings (SSSR count). The van der Waals surface area contributed by atoms with Crippen LogP contribution in [0.2, 0.25) is 0 Å². The van der Waals surface area contributed by atoms with E-state index in [1.54, 1.807) is 6.26 Å². The lowest BCUT2D eigenvalue weighted by Gasteiger charge is -2.37. The molecule has 1 aliphatic rings. The van der Waals surface area contributed by atoms with Gasteiger partial charge in [-0.25, -0.2) is 0 Å². The first-order valence-electron chi connectivity index (χ1n) is 8.52. The minimum absolute atomic E-state index is 0.379. The van der Waals surface area contributed by atoms with Crippen molar-refractivity contribution in [3.05, 3.63) is 54.4 Å². The van der Waals surface area contributed by atoms with Crippen LogP contribution in [0.15, 0.2) is 51.9 Å². The van der Waals surface area contributed by atoms with Gasteiger partial charge in [0.15, 0.2) is 5.76 Å². The predicted octanol–water partition coefficient (Wildman–Crippen LogP) is 2.60. The zero-order valence-electron chi connectivity index (χ0n) is 14.2. The number of piperazine rings is 1. The van der Waals surface area contributed by atoms with Gasteiger partial charge in [-0.2, -0.15) is 4.98 Å². The molecule has 0 amide bonds. The van der Waals surface area contributed by atoms with Crippen LogP contribution >= 0.6 is 0 Å². The van der Waals surface area contributed by atoms with Crippen molar-refractivity contribution in [3.63, 3.8) is 0 Å². The maximum atomic E-state index is 5.35. The molecule has 1 saturated heterocycles. The number of hydrogen-bond donors (Lipinski definition) is 0. The molecule has 3 aromatic rings. The molecule has 1 aliphatic heterocycles. The minimum atomic E-state index is 0.379. The molecule has 1 fully saturated rings. The topological polar surface area (TPSA) is 71.4 Å². The lowest BCUT2D eigenvalue weighted by molar-refractivity contribution is 0.0904. The second-order valence-corrected chi connectivity index (χ2v) is 6.26. The average molecular weight is 339 g/mol. The molecule has 0 bridgehead atoms. The fraction of sp³-hybridized carbons (Fsp3) is 0.389. The highest BCUT2D eigenvalue weighted by atomic mass is 16.5. The van der Waals surface area contributed by atoms with E-state index in [2.05, 4.69) is 37.9 Å². The van der Waals surface area contributed by atoms with Crippen molar-refractivity contribution < 1.29 is 8.94 Å². The maximum Gasteiger partial charge on any atom is 0.241 e. The molecule has 25 heavy (non-hydrogen) atoms. The van der Waals surface area contributed by atoms with Crippen molar-refractivity contribution in [2.75, 3.05) is 26.2 Å². The van der Waals surface area contributed by atoms with Crippen LogP contribution in [0.5, 0.6) is 0 Å². The van der Waals surface area contributed by atoms with Crippen LogP contribution in [0.1, 0.15) is 24.4 Å². The van der Waals surface area contributed by atoms with Crippen molar-refractivity contribution in [1.29, 1.82) is 0 Å². The van der Waals surface area contributed by atoms with Gasteiger partial charge in [-0.15, -0.1) is 0 Å². The molecule has 7 nitrogen and oxygen atoms in total. The Morgan fingerprint density at radius 3 is 2.76 bits per heavy atom. The highest BCUT2D eigenvalue weighted by Crippen LogP contribution is 2.21. The summed E-state index contributed by atoms with van der Waals surface area (Å²) >= 11 is 0. The van der Waals surface area contributed by atoms with Gasteiger partial charge in [0.2, 0.25) is 11.7 Å². The second-order valence-electron chi connectivity index (χ2n) is 6.26. The van der Waals surface area contributed by atoms with Crippen molar-refractivity contribution in [2.24, 2.45) is 0 Å². The Morgan fingerprint density at radius 2 is 2.04 bits per heavy atom. The van der Waals surface area contributed by atoms with Crippen LogP contribution in [-0.2, 0) is 6.54 Å². The van der Waals surface area contributed by atoms with E-state index in [-0.39, 0.29) is 0 Å². The molecule has 0 unspecified atom stereocenters. The van der Waals surface area contributed by atoms with E-state index in [0.717, 1.165) is 26.2 Å². The van der Waals surface area contributed by atoms with E-state index in [1.807, 2.05) is 30.6 Å². The Hall–Kier alpha value is -2.51. The first-order chi connectivity index (χ1) is 12.3. The number of rotatable bonds is 5. The number of nitrogens with zero attached hydrogens (tertiary/aromatic N) is 5. The maximum absolute atomic E-state index is 5.35. The Balaban J connectivity index is 1.32. The van der Waals surface area contributed by atoms with Crippen LogP contribution in [0, 0.1) is 0 Å². The standard InChI is InChI=1S/C18H21N5O2/c1-14(15-4-2-6-19-12-15)23-9-7-22(8-10-23)13-17-20-18(21-25-17)16-5-3-11-24-16/h2-6,11-12,14H,7-10,13H2,1H3/t14-/m0/s1. The van der Waals surface area contributed by atoms with Gasteiger partial charge in [0, 0.05) is 44.6 Å². The van der Waals surface area contributed by atoms with E-state index >= 15 is 0 Å². The zero-order chi connectivity index (χ0) is 17.1. The first kappa shape index (κ1) is 16.0. The molecule has 1 atom stereocenters. The van der Waals surface area contributed by atoms with Gasteiger partial charge in [-0.3, -0.25) is 14.8 Å². The summed E-state index contributed by atoms with van der Waals surface area (Å²) in [6.07, 6.45) is 5.37. The highest BCUT2D eigenvalue weighted by molar-refractivity contribution is 5.44. The number of pyridine rings is 1. The van der Waals surface area contributed by atoms with E-state index in [9.17, 15) is 0 Å². The summed E-state index contributed by atoms with van der Waals surface area (Å²) in [6.45, 7) is 6.87. The summed E-state index contributed by atoms with van der Waals surface area (Å²) in [5, 5.41) is 3.98. The fourth-order valence-corrected chi connectivity index (χ4v) is 3.16. The number of hydrogen-bond acceptors (Lipinski definition) is 7. The van der Waals surface area contributed by atoms with Crippen LogP contribution < -0.4 is 0 Å². The molecule has 0 aliphatic carbocycles. The molecule has 0 saturated carbocycles. The molecule has 0 N–H and O–H groups in total.